The van der Waals surface area contributed by atoms with Crippen molar-refractivity contribution in [1.82, 2.24) is 10.3 Å². The van der Waals surface area contributed by atoms with Gasteiger partial charge < -0.3 is 14.8 Å². The van der Waals surface area contributed by atoms with Gasteiger partial charge in [0.1, 0.15) is 0 Å². The van der Waals surface area contributed by atoms with Crippen molar-refractivity contribution >= 4 is 5.91 Å². The van der Waals surface area contributed by atoms with Crippen LogP contribution in [0, 0.1) is 0 Å². The zero-order valence-corrected chi connectivity index (χ0v) is 18.8. The molecule has 5 heteroatoms. The Labute approximate surface area is 199 Å². The molecule has 34 heavy (non-hydrogen) atoms. The van der Waals surface area contributed by atoms with Gasteiger partial charge in [-0.05, 0) is 41.0 Å². The number of ether oxygens (including phenoxy) is 2. The molecule has 1 amide bonds. The van der Waals surface area contributed by atoms with E-state index in [0.717, 1.165) is 22.8 Å². The van der Waals surface area contributed by atoms with Crippen molar-refractivity contribution in [2.24, 2.45) is 0 Å². The molecule has 0 spiro atoms. The highest BCUT2D eigenvalue weighted by Gasteiger charge is 2.28. The molecule has 2 heterocycles. The van der Waals surface area contributed by atoms with E-state index in [2.05, 4.69) is 64.9 Å². The Balaban J connectivity index is 1.49. The molecule has 0 saturated carbocycles. The Bertz CT molecular complexity index is 1190. The fourth-order valence-electron chi connectivity index (χ4n) is 4.50. The summed E-state index contributed by atoms with van der Waals surface area (Å²) in [5, 5.41) is 3.17. The summed E-state index contributed by atoms with van der Waals surface area (Å²) in [5.74, 6) is 1.45. The molecule has 170 valence electrons. The van der Waals surface area contributed by atoms with Crippen LogP contribution in [0.15, 0.2) is 103 Å². The second-order valence-electron chi connectivity index (χ2n) is 8.32. The van der Waals surface area contributed by atoms with Crippen LogP contribution in [0.2, 0.25) is 0 Å². The van der Waals surface area contributed by atoms with Gasteiger partial charge in [-0.15, -0.1) is 0 Å². The Kier molecular flexibility index (Phi) is 6.52. The van der Waals surface area contributed by atoms with Crippen LogP contribution in [0.25, 0.3) is 0 Å². The molecule has 1 atom stereocenters. The summed E-state index contributed by atoms with van der Waals surface area (Å²) < 4.78 is 11.2. The van der Waals surface area contributed by atoms with E-state index in [1.807, 2.05) is 42.5 Å². The Morgan fingerprint density at radius 1 is 0.794 bits per heavy atom. The second-order valence-corrected chi connectivity index (χ2v) is 8.32. The van der Waals surface area contributed by atoms with Crippen molar-refractivity contribution in [1.29, 1.82) is 0 Å². The number of rotatable bonds is 8. The lowest BCUT2D eigenvalue weighted by atomic mass is 9.77. The number of carbonyl (C=O) groups is 1. The third-order valence-electron chi connectivity index (χ3n) is 6.13. The fourth-order valence-corrected chi connectivity index (χ4v) is 4.50. The first-order valence-corrected chi connectivity index (χ1v) is 11.4. The van der Waals surface area contributed by atoms with Crippen molar-refractivity contribution in [2.75, 3.05) is 13.3 Å². The summed E-state index contributed by atoms with van der Waals surface area (Å²) in [6.45, 7) is 0.699. The minimum absolute atomic E-state index is 0.0213. The van der Waals surface area contributed by atoms with Crippen LogP contribution in [0.4, 0.5) is 0 Å². The topological polar surface area (TPSA) is 60.5 Å². The molecule has 5 rings (SSSR count). The number of nitrogens with one attached hydrogen (secondary N) is 1. The summed E-state index contributed by atoms with van der Waals surface area (Å²) in [5.41, 5.74) is 4.22. The molecule has 4 aromatic rings. The van der Waals surface area contributed by atoms with E-state index in [1.165, 1.54) is 11.1 Å². The Morgan fingerprint density at radius 3 is 2.15 bits per heavy atom. The van der Waals surface area contributed by atoms with E-state index < -0.39 is 0 Å². The minimum Gasteiger partial charge on any atom is -0.454 e. The highest BCUT2D eigenvalue weighted by Crippen LogP contribution is 2.42. The van der Waals surface area contributed by atoms with E-state index in [9.17, 15) is 4.79 Å². The van der Waals surface area contributed by atoms with Gasteiger partial charge >= 0.3 is 0 Å². The Hall–Kier alpha value is -4.12. The second kappa shape index (κ2) is 10.2. The average molecular weight is 451 g/mol. The summed E-state index contributed by atoms with van der Waals surface area (Å²) >= 11 is 0. The SMILES string of the molecule is O=C(Cc1ccccn1)NCC(c1ccc2c(c1)OCO2)C(c1ccccc1)c1ccccc1. The predicted octanol–water partition coefficient (Wildman–Crippen LogP) is 5.08. The largest absolute Gasteiger partial charge is 0.454 e. The van der Waals surface area contributed by atoms with Gasteiger partial charge in [-0.1, -0.05) is 72.8 Å². The summed E-state index contributed by atoms with van der Waals surface area (Å²) in [4.78, 5) is 17.1. The molecule has 1 aromatic heterocycles. The summed E-state index contributed by atoms with van der Waals surface area (Å²) in [6.07, 6.45) is 1.95. The van der Waals surface area contributed by atoms with Crippen LogP contribution in [-0.2, 0) is 11.2 Å². The first-order chi connectivity index (χ1) is 16.8. The van der Waals surface area contributed by atoms with Crippen LogP contribution in [0.3, 0.4) is 0 Å². The van der Waals surface area contributed by atoms with Crippen LogP contribution in [0.5, 0.6) is 11.5 Å². The molecular weight excluding hydrogens is 424 g/mol. The van der Waals surface area contributed by atoms with Crippen LogP contribution < -0.4 is 14.8 Å². The Morgan fingerprint density at radius 2 is 1.47 bits per heavy atom. The number of benzene rings is 3. The number of nitrogens with zero attached hydrogens (tertiary/aromatic N) is 1. The van der Waals surface area contributed by atoms with E-state index in [0.29, 0.717) is 6.54 Å². The number of hydrogen-bond acceptors (Lipinski definition) is 4. The number of aromatic nitrogens is 1. The maximum absolute atomic E-state index is 12.8. The monoisotopic (exact) mass is 450 g/mol. The average Bonchev–Trinajstić information content (AvgIpc) is 3.36. The molecule has 1 aliphatic rings. The lowest BCUT2D eigenvalue weighted by molar-refractivity contribution is -0.120. The highest BCUT2D eigenvalue weighted by molar-refractivity contribution is 5.78. The molecule has 1 aliphatic heterocycles. The van der Waals surface area contributed by atoms with Gasteiger partial charge in [-0.3, -0.25) is 9.78 Å². The fraction of sp³-hybridized carbons (Fsp3) is 0.172. The molecule has 0 radical (unpaired) electrons. The number of fused-ring (bicyclic) bond motifs is 1. The van der Waals surface area contributed by atoms with Gasteiger partial charge in [0.2, 0.25) is 12.7 Å². The first-order valence-electron chi connectivity index (χ1n) is 11.4. The van der Waals surface area contributed by atoms with Gasteiger partial charge in [-0.25, -0.2) is 0 Å². The molecule has 0 aliphatic carbocycles. The van der Waals surface area contributed by atoms with Crippen molar-refractivity contribution in [2.45, 2.75) is 18.3 Å². The van der Waals surface area contributed by atoms with Gasteiger partial charge in [0.25, 0.3) is 0 Å². The number of pyridine rings is 1. The normalized spacial score (nSPS) is 13.0. The van der Waals surface area contributed by atoms with Crippen LogP contribution in [0.1, 0.15) is 34.2 Å². The lowest BCUT2D eigenvalue weighted by Crippen LogP contribution is -2.32. The van der Waals surface area contributed by atoms with Gasteiger partial charge in [0.05, 0.1) is 6.42 Å². The standard InChI is InChI=1S/C29H26N2O3/c32-28(18-24-13-7-8-16-30-24)31-19-25(23-14-15-26-27(17-23)34-20-33-26)29(21-9-3-1-4-10-21)22-11-5-2-6-12-22/h1-17,25,29H,18-20H2,(H,31,32). The zero-order chi connectivity index (χ0) is 23.2. The number of hydrogen-bond donors (Lipinski definition) is 1. The first kappa shape index (κ1) is 21.7. The van der Waals surface area contributed by atoms with E-state index in [4.69, 9.17) is 9.47 Å². The van der Waals surface area contributed by atoms with E-state index in [1.54, 1.807) is 6.20 Å². The van der Waals surface area contributed by atoms with Gasteiger partial charge in [0.15, 0.2) is 11.5 Å². The molecular formula is C29H26N2O3. The number of amides is 1. The molecule has 0 fully saturated rings. The minimum atomic E-state index is -0.0516. The van der Waals surface area contributed by atoms with Gasteiger partial charge in [0, 0.05) is 30.3 Å². The maximum atomic E-state index is 12.8. The van der Waals surface area contributed by atoms with E-state index >= 15 is 0 Å². The summed E-state index contributed by atoms with van der Waals surface area (Å²) in [6, 6.07) is 32.5. The van der Waals surface area contributed by atoms with Crippen molar-refractivity contribution < 1.29 is 14.3 Å². The van der Waals surface area contributed by atoms with Crippen molar-refractivity contribution in [3.05, 3.63) is 126 Å². The van der Waals surface area contributed by atoms with Crippen LogP contribution in [-0.4, -0.2) is 24.2 Å². The van der Waals surface area contributed by atoms with E-state index in [-0.39, 0.29) is 31.0 Å². The predicted molar refractivity (Wildman–Crippen MR) is 131 cm³/mol. The highest BCUT2D eigenvalue weighted by atomic mass is 16.7. The zero-order valence-electron chi connectivity index (χ0n) is 18.8. The molecule has 5 nitrogen and oxygen atoms in total. The third kappa shape index (κ3) is 4.94. The van der Waals surface area contributed by atoms with Crippen molar-refractivity contribution in [3.63, 3.8) is 0 Å². The maximum Gasteiger partial charge on any atom is 0.231 e. The quantitative estimate of drug-likeness (QED) is 0.406. The number of carbonyl (C=O) groups excluding carboxylic acids is 1. The van der Waals surface area contributed by atoms with Crippen LogP contribution >= 0.6 is 0 Å². The molecule has 1 N–H and O–H groups in total. The lowest BCUT2D eigenvalue weighted by Gasteiger charge is -2.29. The summed E-state index contributed by atoms with van der Waals surface area (Å²) in [7, 11) is 0. The molecule has 0 saturated heterocycles. The van der Waals surface area contributed by atoms with Crippen molar-refractivity contribution in [3.8, 4) is 11.5 Å². The molecule has 1 unspecified atom stereocenters. The van der Waals surface area contributed by atoms with Gasteiger partial charge in [-0.2, -0.15) is 0 Å². The smallest absolute Gasteiger partial charge is 0.231 e. The third-order valence-corrected chi connectivity index (χ3v) is 6.13. The molecule has 0 bridgehead atoms. The molecule has 3 aromatic carbocycles.